The molecule has 0 radical (unpaired) electrons. The highest BCUT2D eigenvalue weighted by Crippen LogP contribution is 2.41. The molecule has 0 bridgehead atoms. The largest absolute Gasteiger partial charge is 0.477 e. The lowest BCUT2D eigenvalue weighted by Crippen LogP contribution is -2.52. The summed E-state index contributed by atoms with van der Waals surface area (Å²) in [7, 11) is 0. The summed E-state index contributed by atoms with van der Waals surface area (Å²) in [5, 5.41) is 12.5. The lowest BCUT2D eigenvalue weighted by atomic mass is 9.84. The summed E-state index contributed by atoms with van der Waals surface area (Å²) in [4.78, 5) is 13.1. The van der Waals surface area contributed by atoms with Crippen LogP contribution in [0.1, 0.15) is 24.4 Å². The van der Waals surface area contributed by atoms with Gasteiger partial charge in [0.2, 0.25) is 0 Å². The van der Waals surface area contributed by atoms with Crippen molar-refractivity contribution in [2.24, 2.45) is 0 Å². The summed E-state index contributed by atoms with van der Waals surface area (Å²) in [6, 6.07) is 16.2. The molecule has 1 unspecified atom stereocenters. The van der Waals surface area contributed by atoms with Gasteiger partial charge in [-0.3, -0.25) is 4.79 Å². The molecule has 1 aliphatic rings. The minimum absolute atomic E-state index is 0.275. The zero-order chi connectivity index (χ0) is 17.7. The smallest absolute Gasteiger partial charge is 0.268 e. The summed E-state index contributed by atoms with van der Waals surface area (Å²) >= 11 is 0. The Labute approximate surface area is 146 Å². The molecule has 2 aromatic carbocycles. The number of hydroxylamine groups is 1. The molecule has 2 atom stereocenters. The molecule has 128 valence electrons. The monoisotopic (exact) mass is 336 g/mol. The Kier molecular flexibility index (Phi) is 5.00. The number of carbonyl (C=O) groups excluding carboxylic acids is 1. The maximum absolute atomic E-state index is 13.1. The van der Waals surface area contributed by atoms with Crippen LogP contribution in [-0.4, -0.2) is 16.7 Å². The number of ether oxygens (including phenoxy) is 1. The minimum atomic E-state index is -1.17. The predicted molar refractivity (Wildman–Crippen MR) is 95.5 cm³/mol. The molecule has 0 spiro atoms. The first-order chi connectivity index (χ1) is 12.2. The molecule has 0 fully saturated rings. The van der Waals surface area contributed by atoms with Crippen LogP contribution in [-0.2, 0) is 4.79 Å². The van der Waals surface area contributed by atoms with E-state index in [1.54, 1.807) is 12.1 Å². The molecule has 3 rings (SSSR count). The Morgan fingerprint density at radius 2 is 2.00 bits per heavy atom. The second kappa shape index (κ2) is 7.36. The average molecular weight is 336 g/mol. The fourth-order valence-corrected chi connectivity index (χ4v) is 3.03. The van der Waals surface area contributed by atoms with Gasteiger partial charge in [0.25, 0.3) is 5.91 Å². The number of benzene rings is 2. The van der Waals surface area contributed by atoms with Crippen molar-refractivity contribution in [3.05, 3.63) is 78.5 Å². The van der Waals surface area contributed by atoms with E-state index in [-0.39, 0.29) is 12.3 Å². The van der Waals surface area contributed by atoms with Gasteiger partial charge in [0, 0.05) is 24.1 Å². The molecule has 0 aromatic heterocycles. The third-order valence-corrected chi connectivity index (χ3v) is 4.31. The summed E-state index contributed by atoms with van der Waals surface area (Å²) in [6.07, 6.45) is 2.24. The highest BCUT2D eigenvalue weighted by Gasteiger charge is 2.46. The van der Waals surface area contributed by atoms with Gasteiger partial charge in [0.05, 0.1) is 6.04 Å². The van der Waals surface area contributed by atoms with Crippen LogP contribution in [0.25, 0.3) is 0 Å². The third kappa shape index (κ3) is 3.49. The summed E-state index contributed by atoms with van der Waals surface area (Å²) in [5.74, 6) is 0.293. The van der Waals surface area contributed by atoms with Crippen LogP contribution in [0.2, 0.25) is 0 Å². The van der Waals surface area contributed by atoms with Crippen LogP contribution in [0.4, 0.5) is 5.69 Å². The lowest BCUT2D eigenvalue weighted by Gasteiger charge is -2.40. The quantitative estimate of drug-likeness (QED) is 0.576. The molecule has 2 aromatic rings. The van der Waals surface area contributed by atoms with Gasteiger partial charge in [0.1, 0.15) is 5.75 Å². The van der Waals surface area contributed by atoms with E-state index >= 15 is 0 Å². The number of para-hydroxylation sites is 2. The Morgan fingerprint density at radius 3 is 2.72 bits per heavy atom. The van der Waals surface area contributed by atoms with Crippen LogP contribution in [0.15, 0.2) is 73.0 Å². The fraction of sp³-hybridized carbons (Fsp3) is 0.200. The number of carbonyl (C=O) groups is 1. The summed E-state index contributed by atoms with van der Waals surface area (Å²) in [5.41, 5.74) is 5.33. The summed E-state index contributed by atoms with van der Waals surface area (Å²) < 4.78 is 6.13. The van der Waals surface area contributed by atoms with Gasteiger partial charge in [-0.1, -0.05) is 43.0 Å². The molecule has 5 nitrogen and oxygen atoms in total. The molecule has 0 saturated carbocycles. The van der Waals surface area contributed by atoms with Gasteiger partial charge < -0.3 is 15.3 Å². The van der Waals surface area contributed by atoms with Crippen molar-refractivity contribution < 1.29 is 14.7 Å². The van der Waals surface area contributed by atoms with Crippen LogP contribution in [0.3, 0.4) is 0 Å². The number of hydrogen-bond donors (Lipinski definition) is 3. The first kappa shape index (κ1) is 17.0. The van der Waals surface area contributed by atoms with E-state index in [1.165, 1.54) is 0 Å². The van der Waals surface area contributed by atoms with Gasteiger partial charge in [-0.15, -0.1) is 5.73 Å². The molecule has 25 heavy (non-hydrogen) atoms. The standard InChI is InChI=1S/C20H20N2O3/c1-2-3-13-20(19(23)21-15-9-5-4-6-10-15)14-17(22-24)16-11-7-8-12-18(16)25-20/h3-12,17,22,24H,1,13-14H2,(H,21,23)/t17?,20-/m0/s1. The first-order valence-electron chi connectivity index (χ1n) is 8.07. The molecule has 5 heteroatoms. The Hall–Kier alpha value is -2.85. The molecular formula is C20H20N2O3. The number of rotatable bonds is 5. The lowest BCUT2D eigenvalue weighted by molar-refractivity contribution is -0.134. The number of amides is 1. The normalized spacial score (nSPS) is 21.4. The van der Waals surface area contributed by atoms with Gasteiger partial charge >= 0.3 is 0 Å². The van der Waals surface area contributed by atoms with E-state index < -0.39 is 11.6 Å². The molecule has 1 heterocycles. The van der Waals surface area contributed by atoms with Crippen molar-refractivity contribution in [1.82, 2.24) is 5.48 Å². The van der Waals surface area contributed by atoms with Crippen molar-refractivity contribution in [2.75, 3.05) is 5.32 Å². The van der Waals surface area contributed by atoms with Crippen molar-refractivity contribution in [2.45, 2.75) is 24.5 Å². The number of fused-ring (bicyclic) bond motifs is 1. The predicted octanol–water partition coefficient (Wildman–Crippen LogP) is 3.60. The van der Waals surface area contributed by atoms with Gasteiger partial charge in [-0.25, -0.2) is 0 Å². The van der Waals surface area contributed by atoms with Crippen LogP contribution < -0.4 is 15.5 Å². The maximum Gasteiger partial charge on any atom is 0.268 e. The van der Waals surface area contributed by atoms with Crippen molar-refractivity contribution >= 4 is 11.6 Å². The molecule has 3 N–H and O–H groups in total. The van der Waals surface area contributed by atoms with Crippen LogP contribution in [0.5, 0.6) is 5.75 Å². The second-order valence-electron chi connectivity index (χ2n) is 5.95. The molecule has 1 amide bonds. The highest BCUT2D eigenvalue weighted by atomic mass is 16.5. The van der Waals surface area contributed by atoms with E-state index in [9.17, 15) is 10.0 Å². The zero-order valence-electron chi connectivity index (χ0n) is 13.7. The molecule has 0 aliphatic carbocycles. The number of nitrogens with one attached hydrogen (secondary N) is 2. The summed E-state index contributed by atoms with van der Waals surface area (Å²) in [6.45, 7) is 3.57. The van der Waals surface area contributed by atoms with E-state index in [4.69, 9.17) is 4.74 Å². The minimum Gasteiger partial charge on any atom is -0.477 e. The van der Waals surface area contributed by atoms with E-state index in [2.05, 4.69) is 23.1 Å². The first-order valence-corrected chi connectivity index (χ1v) is 8.07. The zero-order valence-corrected chi connectivity index (χ0v) is 13.7. The third-order valence-electron chi connectivity index (χ3n) is 4.31. The SMILES string of the molecule is C=C=CC[C@@]1(C(=O)Nc2ccccc2)CC(NO)c2ccccc2O1. The highest BCUT2D eigenvalue weighted by molar-refractivity contribution is 5.98. The van der Waals surface area contributed by atoms with E-state index in [1.807, 2.05) is 48.5 Å². The van der Waals surface area contributed by atoms with Gasteiger partial charge in [0.15, 0.2) is 5.60 Å². The Bertz CT molecular complexity index is 800. The Balaban J connectivity index is 1.96. The molecular weight excluding hydrogens is 316 g/mol. The number of hydrogen-bond acceptors (Lipinski definition) is 4. The van der Waals surface area contributed by atoms with Crippen LogP contribution in [0, 0.1) is 0 Å². The van der Waals surface area contributed by atoms with Crippen LogP contribution >= 0.6 is 0 Å². The average Bonchev–Trinajstić information content (AvgIpc) is 2.66. The Morgan fingerprint density at radius 1 is 1.28 bits per heavy atom. The topological polar surface area (TPSA) is 70.6 Å². The fourth-order valence-electron chi connectivity index (χ4n) is 3.03. The van der Waals surface area contributed by atoms with Gasteiger partial charge in [-0.05, 0) is 24.3 Å². The molecule has 1 aliphatic heterocycles. The maximum atomic E-state index is 13.1. The van der Waals surface area contributed by atoms with E-state index in [0.717, 1.165) is 5.56 Å². The van der Waals surface area contributed by atoms with Crippen molar-refractivity contribution in [3.8, 4) is 5.75 Å². The second-order valence-corrected chi connectivity index (χ2v) is 5.95. The number of anilines is 1. The van der Waals surface area contributed by atoms with E-state index in [0.29, 0.717) is 17.9 Å². The van der Waals surface area contributed by atoms with Gasteiger partial charge in [-0.2, -0.15) is 5.48 Å². The van der Waals surface area contributed by atoms with Crippen molar-refractivity contribution in [3.63, 3.8) is 0 Å². The van der Waals surface area contributed by atoms with Crippen molar-refractivity contribution in [1.29, 1.82) is 0 Å². The molecule has 0 saturated heterocycles.